The lowest BCUT2D eigenvalue weighted by molar-refractivity contribution is -0.130. The molecule has 0 saturated carbocycles. The van der Waals surface area contributed by atoms with E-state index in [0.717, 1.165) is 0 Å². The number of aliphatic hydroxyl groups excluding tert-OH is 1. The summed E-state index contributed by atoms with van der Waals surface area (Å²) in [7, 11) is 0. The zero-order valence-corrected chi connectivity index (χ0v) is 8.32. The molecule has 0 radical (unpaired) electrons. The van der Waals surface area contributed by atoms with Gasteiger partial charge in [-0.2, -0.15) is 0 Å². The van der Waals surface area contributed by atoms with Gasteiger partial charge in [-0.05, 0) is 6.42 Å². The SMILES string of the molecule is CC(=O)NCCC(=O)N1CC[C@H](O)C1. The first-order chi connectivity index (χ1) is 6.59. The number of hydrogen-bond acceptors (Lipinski definition) is 3. The van der Waals surface area contributed by atoms with Gasteiger partial charge < -0.3 is 15.3 Å². The highest BCUT2D eigenvalue weighted by Crippen LogP contribution is 2.09. The van der Waals surface area contributed by atoms with E-state index in [0.29, 0.717) is 32.5 Å². The van der Waals surface area contributed by atoms with Crippen LogP contribution in [-0.2, 0) is 9.59 Å². The van der Waals surface area contributed by atoms with E-state index in [1.165, 1.54) is 6.92 Å². The molecule has 1 saturated heterocycles. The molecule has 0 spiro atoms. The number of hydrogen-bond donors (Lipinski definition) is 2. The molecule has 1 aliphatic heterocycles. The lowest BCUT2D eigenvalue weighted by atomic mass is 10.3. The summed E-state index contributed by atoms with van der Waals surface area (Å²) in [6.07, 6.45) is 0.595. The van der Waals surface area contributed by atoms with Gasteiger partial charge in [-0.25, -0.2) is 0 Å². The molecule has 0 aromatic rings. The fourth-order valence-electron chi connectivity index (χ4n) is 1.47. The molecule has 0 bridgehead atoms. The molecule has 1 rings (SSSR count). The molecule has 0 aliphatic carbocycles. The summed E-state index contributed by atoms with van der Waals surface area (Å²) < 4.78 is 0. The molecular formula is C9H16N2O3. The van der Waals surface area contributed by atoms with Crippen LogP contribution in [0.4, 0.5) is 0 Å². The van der Waals surface area contributed by atoms with E-state index in [4.69, 9.17) is 0 Å². The van der Waals surface area contributed by atoms with E-state index >= 15 is 0 Å². The summed E-state index contributed by atoms with van der Waals surface area (Å²) >= 11 is 0. The van der Waals surface area contributed by atoms with E-state index in [-0.39, 0.29) is 17.9 Å². The molecule has 1 fully saturated rings. The van der Waals surface area contributed by atoms with Crippen molar-refractivity contribution in [1.29, 1.82) is 0 Å². The van der Waals surface area contributed by atoms with Crippen LogP contribution in [0.5, 0.6) is 0 Å². The minimum absolute atomic E-state index is 0.00435. The molecule has 1 heterocycles. The van der Waals surface area contributed by atoms with Gasteiger partial charge in [0, 0.05) is 33.0 Å². The maximum absolute atomic E-state index is 11.4. The zero-order chi connectivity index (χ0) is 10.6. The number of nitrogens with one attached hydrogen (secondary N) is 1. The van der Waals surface area contributed by atoms with Gasteiger partial charge in [0.25, 0.3) is 0 Å². The molecule has 1 aliphatic rings. The molecule has 80 valence electrons. The minimum Gasteiger partial charge on any atom is -0.391 e. The molecule has 0 unspecified atom stereocenters. The largest absolute Gasteiger partial charge is 0.391 e. The Kier molecular flexibility index (Phi) is 3.88. The van der Waals surface area contributed by atoms with Gasteiger partial charge in [0.15, 0.2) is 0 Å². The molecule has 5 heteroatoms. The summed E-state index contributed by atoms with van der Waals surface area (Å²) in [6, 6.07) is 0. The topological polar surface area (TPSA) is 69.6 Å². The van der Waals surface area contributed by atoms with Crippen molar-refractivity contribution in [3.05, 3.63) is 0 Å². The summed E-state index contributed by atoms with van der Waals surface area (Å²) in [5.74, 6) is -0.130. The number of likely N-dealkylation sites (tertiary alicyclic amines) is 1. The quantitative estimate of drug-likeness (QED) is 0.620. The highest BCUT2D eigenvalue weighted by molar-refractivity contribution is 5.78. The predicted molar refractivity (Wildman–Crippen MR) is 50.5 cm³/mol. The highest BCUT2D eigenvalue weighted by atomic mass is 16.3. The Morgan fingerprint density at radius 3 is 2.79 bits per heavy atom. The van der Waals surface area contributed by atoms with Gasteiger partial charge in [-0.3, -0.25) is 9.59 Å². The third-order valence-corrected chi connectivity index (χ3v) is 2.23. The van der Waals surface area contributed by atoms with Crippen molar-refractivity contribution >= 4 is 11.8 Å². The van der Waals surface area contributed by atoms with Crippen molar-refractivity contribution in [2.24, 2.45) is 0 Å². The van der Waals surface area contributed by atoms with E-state index < -0.39 is 0 Å². The zero-order valence-electron chi connectivity index (χ0n) is 8.32. The van der Waals surface area contributed by atoms with Crippen LogP contribution in [-0.4, -0.2) is 47.6 Å². The first kappa shape index (κ1) is 11.0. The van der Waals surface area contributed by atoms with Crippen LogP contribution in [0.15, 0.2) is 0 Å². The number of carbonyl (C=O) groups excluding carboxylic acids is 2. The second-order valence-electron chi connectivity index (χ2n) is 3.52. The molecule has 0 aromatic carbocycles. The van der Waals surface area contributed by atoms with Gasteiger partial charge in [0.05, 0.1) is 6.10 Å². The second-order valence-corrected chi connectivity index (χ2v) is 3.52. The van der Waals surface area contributed by atoms with Crippen molar-refractivity contribution in [1.82, 2.24) is 10.2 Å². The number of aliphatic hydroxyl groups is 1. The number of amides is 2. The molecule has 14 heavy (non-hydrogen) atoms. The van der Waals surface area contributed by atoms with Crippen molar-refractivity contribution < 1.29 is 14.7 Å². The summed E-state index contributed by atoms with van der Waals surface area (Å²) in [6.45, 7) is 2.85. The van der Waals surface area contributed by atoms with Crippen LogP contribution in [0.3, 0.4) is 0 Å². The average molecular weight is 200 g/mol. The smallest absolute Gasteiger partial charge is 0.224 e. The Morgan fingerprint density at radius 1 is 1.57 bits per heavy atom. The van der Waals surface area contributed by atoms with Crippen molar-refractivity contribution in [3.63, 3.8) is 0 Å². The third-order valence-electron chi connectivity index (χ3n) is 2.23. The monoisotopic (exact) mass is 200 g/mol. The van der Waals surface area contributed by atoms with Crippen LogP contribution in [0.1, 0.15) is 19.8 Å². The third kappa shape index (κ3) is 3.33. The first-order valence-electron chi connectivity index (χ1n) is 4.80. The Hall–Kier alpha value is -1.10. The normalized spacial score (nSPS) is 21.0. The van der Waals surface area contributed by atoms with Crippen LogP contribution in [0, 0.1) is 0 Å². The highest BCUT2D eigenvalue weighted by Gasteiger charge is 2.23. The van der Waals surface area contributed by atoms with Gasteiger partial charge in [0.1, 0.15) is 0 Å². The summed E-state index contributed by atoms with van der Waals surface area (Å²) in [4.78, 5) is 23.6. The number of nitrogens with zero attached hydrogens (tertiary/aromatic N) is 1. The van der Waals surface area contributed by atoms with Gasteiger partial charge in [0.2, 0.25) is 11.8 Å². The van der Waals surface area contributed by atoms with E-state index in [2.05, 4.69) is 5.32 Å². The van der Waals surface area contributed by atoms with Crippen molar-refractivity contribution in [2.75, 3.05) is 19.6 Å². The molecule has 5 nitrogen and oxygen atoms in total. The Balaban J connectivity index is 2.18. The fourth-order valence-corrected chi connectivity index (χ4v) is 1.47. The molecule has 2 amide bonds. The lowest BCUT2D eigenvalue weighted by Gasteiger charge is -2.15. The standard InChI is InChI=1S/C9H16N2O3/c1-7(12)10-4-2-9(14)11-5-3-8(13)6-11/h8,13H,2-6H2,1H3,(H,10,12)/t8-/m0/s1. The fraction of sp³-hybridized carbons (Fsp3) is 0.778. The molecular weight excluding hydrogens is 184 g/mol. The Bertz CT molecular complexity index is 230. The van der Waals surface area contributed by atoms with Crippen LogP contribution in [0.2, 0.25) is 0 Å². The maximum atomic E-state index is 11.4. The van der Waals surface area contributed by atoms with E-state index in [1.807, 2.05) is 0 Å². The van der Waals surface area contributed by atoms with Crippen molar-refractivity contribution in [2.45, 2.75) is 25.9 Å². The number of β-amino-alcohol motifs (C(OH)–C–C–N with tert-alkyl or cyclic N) is 1. The Morgan fingerprint density at radius 2 is 2.29 bits per heavy atom. The average Bonchev–Trinajstić information content (AvgIpc) is 2.51. The summed E-state index contributed by atoms with van der Waals surface area (Å²) in [5.41, 5.74) is 0. The minimum atomic E-state index is -0.375. The Labute approximate surface area is 83.1 Å². The molecule has 0 aromatic heterocycles. The van der Waals surface area contributed by atoms with Gasteiger partial charge >= 0.3 is 0 Å². The van der Waals surface area contributed by atoms with Crippen LogP contribution < -0.4 is 5.32 Å². The summed E-state index contributed by atoms with van der Waals surface area (Å²) in [5, 5.41) is 11.8. The first-order valence-corrected chi connectivity index (χ1v) is 4.80. The van der Waals surface area contributed by atoms with E-state index in [9.17, 15) is 14.7 Å². The van der Waals surface area contributed by atoms with E-state index in [1.54, 1.807) is 4.90 Å². The number of rotatable bonds is 3. The predicted octanol–water partition coefficient (Wildman–Crippen LogP) is -0.894. The van der Waals surface area contributed by atoms with Crippen LogP contribution >= 0.6 is 0 Å². The lowest BCUT2D eigenvalue weighted by Crippen LogP contribution is -2.33. The molecule has 1 atom stereocenters. The second kappa shape index (κ2) is 4.95. The van der Waals surface area contributed by atoms with Crippen molar-refractivity contribution in [3.8, 4) is 0 Å². The van der Waals surface area contributed by atoms with Gasteiger partial charge in [-0.15, -0.1) is 0 Å². The number of carbonyl (C=O) groups is 2. The van der Waals surface area contributed by atoms with Crippen LogP contribution in [0.25, 0.3) is 0 Å². The molecule has 2 N–H and O–H groups in total. The van der Waals surface area contributed by atoms with Gasteiger partial charge in [-0.1, -0.05) is 0 Å². The maximum Gasteiger partial charge on any atom is 0.224 e.